The van der Waals surface area contributed by atoms with Crippen LogP contribution in [0.1, 0.15) is 41.5 Å². The Kier molecular flexibility index (Phi) is 13.9. The minimum absolute atomic E-state index is 0. The van der Waals surface area contributed by atoms with E-state index in [2.05, 4.69) is 47.8 Å². The highest BCUT2D eigenvalue weighted by molar-refractivity contribution is 14.0. The van der Waals surface area contributed by atoms with Crippen LogP contribution in [0.25, 0.3) is 0 Å². The average molecular weight is 548 g/mol. The van der Waals surface area contributed by atoms with E-state index in [9.17, 15) is 8.42 Å². The molecule has 1 rings (SSSR count). The molecule has 1 fully saturated rings. The Labute approximate surface area is 195 Å². The molecule has 8 nitrogen and oxygen atoms in total. The van der Waals surface area contributed by atoms with Gasteiger partial charge in [0.2, 0.25) is 10.0 Å². The Morgan fingerprint density at radius 3 is 2.07 bits per heavy atom. The predicted molar refractivity (Wildman–Crippen MR) is 132 cm³/mol. The molecule has 0 spiro atoms. The molecule has 0 unspecified atom stereocenters. The third kappa shape index (κ3) is 10.1. The van der Waals surface area contributed by atoms with Crippen LogP contribution in [-0.4, -0.2) is 105 Å². The highest BCUT2D eigenvalue weighted by atomic mass is 127. The molecular weight excluding hydrogens is 505 g/mol. The number of nitrogens with one attached hydrogen (secondary N) is 1. The van der Waals surface area contributed by atoms with Crippen molar-refractivity contribution in [1.29, 1.82) is 0 Å². The molecule has 0 bridgehead atoms. The van der Waals surface area contributed by atoms with E-state index in [0.717, 1.165) is 19.0 Å². The largest absolute Gasteiger partial charge is 0.378 e. The highest BCUT2D eigenvalue weighted by Gasteiger charge is 2.28. The zero-order chi connectivity index (χ0) is 21.3. The van der Waals surface area contributed by atoms with Gasteiger partial charge in [-0.2, -0.15) is 4.31 Å². The Hall–Kier alpha value is -0.170. The summed E-state index contributed by atoms with van der Waals surface area (Å²) >= 11 is 0. The van der Waals surface area contributed by atoms with Crippen molar-refractivity contribution >= 4 is 40.0 Å². The van der Waals surface area contributed by atoms with Crippen molar-refractivity contribution in [3.05, 3.63) is 0 Å². The summed E-state index contributed by atoms with van der Waals surface area (Å²) in [5, 5.41) is 3.43. The number of rotatable bonds is 10. The van der Waals surface area contributed by atoms with E-state index in [1.54, 1.807) is 11.4 Å². The predicted octanol–water partition coefficient (Wildman–Crippen LogP) is 1.67. The topological polar surface area (TPSA) is 77.5 Å². The van der Waals surface area contributed by atoms with Crippen molar-refractivity contribution in [1.82, 2.24) is 19.4 Å². The van der Waals surface area contributed by atoms with Crippen molar-refractivity contribution in [2.75, 3.05) is 58.7 Å². The molecule has 1 N–H and O–H groups in total. The smallest absolute Gasteiger partial charge is 0.216 e. The Bertz CT molecular complexity index is 568. The van der Waals surface area contributed by atoms with Crippen LogP contribution in [0.15, 0.2) is 4.99 Å². The molecule has 0 atom stereocenters. The molecule has 0 aromatic rings. The first kappa shape index (κ1) is 28.8. The van der Waals surface area contributed by atoms with E-state index in [4.69, 9.17) is 4.74 Å². The van der Waals surface area contributed by atoms with Gasteiger partial charge in [0, 0.05) is 58.4 Å². The highest BCUT2D eigenvalue weighted by Crippen LogP contribution is 2.09. The lowest BCUT2D eigenvalue weighted by Gasteiger charge is -2.36. The van der Waals surface area contributed by atoms with Gasteiger partial charge in [-0.1, -0.05) is 0 Å². The number of sulfonamides is 1. The fourth-order valence-corrected chi connectivity index (χ4v) is 4.72. The van der Waals surface area contributed by atoms with E-state index in [-0.39, 0.29) is 42.4 Å². The summed E-state index contributed by atoms with van der Waals surface area (Å²) in [6.07, 6.45) is 0.0451. The first-order valence-corrected chi connectivity index (χ1v) is 12.0. The summed E-state index contributed by atoms with van der Waals surface area (Å²) < 4.78 is 31.9. The maximum absolute atomic E-state index is 12.5. The van der Waals surface area contributed by atoms with Gasteiger partial charge in [-0.05, 0) is 41.5 Å². The van der Waals surface area contributed by atoms with Crippen molar-refractivity contribution in [2.45, 2.75) is 59.7 Å². The minimum atomic E-state index is -3.27. The van der Waals surface area contributed by atoms with Crippen LogP contribution in [0, 0.1) is 0 Å². The number of aliphatic imine (C=N–C) groups is 1. The molecule has 0 aromatic carbocycles. The van der Waals surface area contributed by atoms with Gasteiger partial charge in [0.15, 0.2) is 5.96 Å². The summed E-state index contributed by atoms with van der Waals surface area (Å²) in [5.74, 6) is 0.880. The van der Waals surface area contributed by atoms with E-state index in [1.165, 1.54) is 0 Å². The van der Waals surface area contributed by atoms with Gasteiger partial charge in [0.25, 0.3) is 0 Å². The lowest BCUT2D eigenvalue weighted by Crippen LogP contribution is -2.55. The SMILES string of the molecule is CN=C(NCCN(C(C)C)C(C)C)N1CCN(S(=O)(=O)CCOC(C)C)CC1.I. The number of halogens is 1. The van der Waals surface area contributed by atoms with E-state index in [0.29, 0.717) is 38.3 Å². The average Bonchev–Trinajstić information content (AvgIpc) is 2.61. The molecule has 0 radical (unpaired) electrons. The molecule has 10 heteroatoms. The first-order chi connectivity index (χ1) is 13.1. The number of guanidine groups is 1. The van der Waals surface area contributed by atoms with Gasteiger partial charge >= 0.3 is 0 Å². The number of ether oxygens (including phenoxy) is 1. The number of hydrogen-bond donors (Lipinski definition) is 1. The second-order valence-electron chi connectivity index (χ2n) is 8.02. The molecule has 1 heterocycles. The van der Waals surface area contributed by atoms with E-state index in [1.807, 2.05) is 13.8 Å². The monoisotopic (exact) mass is 547 g/mol. The summed E-state index contributed by atoms with van der Waals surface area (Å²) in [5.41, 5.74) is 0. The number of nitrogens with zero attached hydrogens (tertiary/aromatic N) is 4. The van der Waals surface area contributed by atoms with Crippen LogP contribution >= 0.6 is 24.0 Å². The lowest BCUT2D eigenvalue weighted by atomic mass is 10.2. The van der Waals surface area contributed by atoms with Gasteiger partial charge in [-0.3, -0.25) is 9.89 Å². The van der Waals surface area contributed by atoms with Crippen molar-refractivity contribution < 1.29 is 13.2 Å². The summed E-state index contributed by atoms with van der Waals surface area (Å²) in [6.45, 7) is 16.9. The Morgan fingerprint density at radius 2 is 1.62 bits per heavy atom. The molecule has 1 aliphatic rings. The molecule has 0 amide bonds. The van der Waals surface area contributed by atoms with Crippen LogP contribution < -0.4 is 5.32 Å². The zero-order valence-corrected chi connectivity index (χ0v) is 22.4. The van der Waals surface area contributed by atoms with Gasteiger partial charge < -0.3 is 15.0 Å². The summed E-state index contributed by atoms with van der Waals surface area (Å²) in [6, 6.07) is 0.995. The quantitative estimate of drug-likeness (QED) is 0.255. The second-order valence-corrected chi connectivity index (χ2v) is 10.1. The lowest BCUT2D eigenvalue weighted by molar-refractivity contribution is 0.0904. The molecule has 0 aliphatic carbocycles. The van der Waals surface area contributed by atoms with E-state index >= 15 is 0 Å². The number of hydrogen-bond acceptors (Lipinski definition) is 5. The summed E-state index contributed by atoms with van der Waals surface area (Å²) in [4.78, 5) is 8.94. The van der Waals surface area contributed by atoms with Crippen molar-refractivity contribution in [2.24, 2.45) is 4.99 Å². The third-order valence-electron chi connectivity index (χ3n) is 4.92. The van der Waals surface area contributed by atoms with Crippen LogP contribution in [0.5, 0.6) is 0 Å². The Balaban J connectivity index is 0.00000784. The van der Waals surface area contributed by atoms with Crippen LogP contribution in [-0.2, 0) is 14.8 Å². The summed E-state index contributed by atoms with van der Waals surface area (Å²) in [7, 11) is -1.49. The van der Waals surface area contributed by atoms with Crippen molar-refractivity contribution in [3.8, 4) is 0 Å². The van der Waals surface area contributed by atoms with Crippen LogP contribution in [0.2, 0.25) is 0 Å². The van der Waals surface area contributed by atoms with Gasteiger partial charge in [-0.25, -0.2) is 8.42 Å². The minimum Gasteiger partial charge on any atom is -0.378 e. The van der Waals surface area contributed by atoms with Gasteiger partial charge in [-0.15, -0.1) is 24.0 Å². The van der Waals surface area contributed by atoms with Crippen molar-refractivity contribution in [3.63, 3.8) is 0 Å². The second kappa shape index (κ2) is 14.0. The maximum atomic E-state index is 12.5. The molecule has 174 valence electrons. The molecule has 0 saturated carbocycles. The standard InChI is InChI=1S/C19H41N5O3S.HI/c1-16(2)24(17(3)4)9-8-21-19(20-7)22-10-12-23(13-11-22)28(25,26)15-14-27-18(5)6;/h16-18H,8-15H2,1-7H3,(H,20,21);1H. The normalized spacial score (nSPS) is 16.8. The third-order valence-corrected chi connectivity index (χ3v) is 6.75. The van der Waals surface area contributed by atoms with Gasteiger partial charge in [0.05, 0.1) is 18.5 Å². The molecule has 1 saturated heterocycles. The van der Waals surface area contributed by atoms with Crippen LogP contribution in [0.3, 0.4) is 0 Å². The number of piperazine rings is 1. The molecular formula is C19H42IN5O3S. The molecule has 0 aromatic heterocycles. The fourth-order valence-electron chi connectivity index (χ4n) is 3.44. The maximum Gasteiger partial charge on any atom is 0.216 e. The molecule has 1 aliphatic heterocycles. The first-order valence-electron chi connectivity index (χ1n) is 10.4. The zero-order valence-electron chi connectivity index (χ0n) is 19.2. The Morgan fingerprint density at radius 1 is 1.07 bits per heavy atom. The van der Waals surface area contributed by atoms with Crippen LogP contribution in [0.4, 0.5) is 0 Å². The molecule has 29 heavy (non-hydrogen) atoms. The van der Waals surface area contributed by atoms with E-state index < -0.39 is 10.0 Å². The fraction of sp³-hybridized carbons (Fsp3) is 0.947. The van der Waals surface area contributed by atoms with Gasteiger partial charge in [0.1, 0.15) is 0 Å².